The third-order valence-corrected chi connectivity index (χ3v) is 4.72. The highest BCUT2D eigenvalue weighted by molar-refractivity contribution is 5.85. The molecule has 22 heavy (non-hydrogen) atoms. The first-order valence-electron chi connectivity index (χ1n) is 8.03. The van der Waals surface area contributed by atoms with Gasteiger partial charge >= 0.3 is 0 Å². The Labute approximate surface area is 140 Å². The molecule has 0 radical (unpaired) electrons. The van der Waals surface area contributed by atoms with Crippen LogP contribution in [0.5, 0.6) is 0 Å². The lowest BCUT2D eigenvalue weighted by Crippen LogP contribution is -2.52. The summed E-state index contributed by atoms with van der Waals surface area (Å²) in [4.78, 5) is 12.0. The molecule has 1 aliphatic rings. The fourth-order valence-corrected chi connectivity index (χ4v) is 3.06. The van der Waals surface area contributed by atoms with Gasteiger partial charge in [0.25, 0.3) is 0 Å². The summed E-state index contributed by atoms with van der Waals surface area (Å²) in [6.07, 6.45) is 3.84. The number of hydrogen-bond donors (Lipinski definition) is 2. The maximum Gasteiger partial charge on any atom is 0.220 e. The summed E-state index contributed by atoms with van der Waals surface area (Å²) < 4.78 is 0. The molecule has 0 aromatic heterocycles. The molecule has 1 aromatic carbocycles. The van der Waals surface area contributed by atoms with Crippen molar-refractivity contribution in [2.75, 3.05) is 13.1 Å². The predicted octanol–water partition coefficient (Wildman–Crippen LogP) is 3.24. The van der Waals surface area contributed by atoms with E-state index in [4.69, 9.17) is 0 Å². The average molecular weight is 325 g/mol. The predicted molar refractivity (Wildman–Crippen MR) is 94.6 cm³/mol. The van der Waals surface area contributed by atoms with Crippen molar-refractivity contribution in [1.29, 1.82) is 0 Å². The molecule has 0 bridgehead atoms. The molecule has 2 rings (SSSR count). The standard InChI is InChI=1S/C18H28N2O.ClH/c1-14-7-4-5-8-15(14)9-10-17(21)20-13-16-18(2,3)11-6-12-19-16;/h4-5,7-8,16,19H,6,9-13H2,1-3H3,(H,20,21);1H. The van der Waals surface area contributed by atoms with E-state index in [-0.39, 0.29) is 23.7 Å². The second-order valence-corrected chi connectivity index (χ2v) is 6.83. The Morgan fingerprint density at radius 3 is 2.77 bits per heavy atom. The molecule has 0 saturated carbocycles. The summed E-state index contributed by atoms with van der Waals surface area (Å²) in [5.74, 6) is 0.154. The van der Waals surface area contributed by atoms with Crippen LogP contribution in [0.3, 0.4) is 0 Å². The van der Waals surface area contributed by atoms with E-state index >= 15 is 0 Å². The molecule has 124 valence electrons. The minimum absolute atomic E-state index is 0. The molecule has 1 aliphatic heterocycles. The van der Waals surface area contributed by atoms with Crippen molar-refractivity contribution in [2.45, 2.75) is 52.5 Å². The maximum atomic E-state index is 12.0. The number of benzene rings is 1. The van der Waals surface area contributed by atoms with Gasteiger partial charge in [-0.1, -0.05) is 38.1 Å². The highest BCUT2D eigenvalue weighted by Crippen LogP contribution is 2.29. The van der Waals surface area contributed by atoms with E-state index < -0.39 is 0 Å². The number of rotatable bonds is 5. The van der Waals surface area contributed by atoms with Gasteiger partial charge in [0.05, 0.1) is 0 Å². The molecule has 1 saturated heterocycles. The van der Waals surface area contributed by atoms with Crippen molar-refractivity contribution >= 4 is 18.3 Å². The highest BCUT2D eigenvalue weighted by atomic mass is 35.5. The molecule has 1 fully saturated rings. The fraction of sp³-hybridized carbons (Fsp3) is 0.611. The Morgan fingerprint density at radius 2 is 2.09 bits per heavy atom. The Morgan fingerprint density at radius 1 is 1.36 bits per heavy atom. The summed E-state index contributed by atoms with van der Waals surface area (Å²) in [7, 11) is 0. The molecule has 0 spiro atoms. The Balaban J connectivity index is 0.00000242. The van der Waals surface area contributed by atoms with Gasteiger partial charge in [-0.15, -0.1) is 12.4 Å². The van der Waals surface area contributed by atoms with Crippen LogP contribution in [-0.4, -0.2) is 25.0 Å². The Kier molecular flexibility index (Phi) is 7.37. The van der Waals surface area contributed by atoms with Crippen LogP contribution in [0.1, 0.15) is 44.2 Å². The Bertz CT molecular complexity index is 488. The van der Waals surface area contributed by atoms with Crippen LogP contribution >= 0.6 is 12.4 Å². The minimum Gasteiger partial charge on any atom is -0.355 e. The first-order chi connectivity index (χ1) is 9.99. The molecule has 1 amide bonds. The van der Waals surface area contributed by atoms with Gasteiger partial charge in [-0.3, -0.25) is 4.79 Å². The van der Waals surface area contributed by atoms with Crippen molar-refractivity contribution in [3.8, 4) is 0 Å². The van der Waals surface area contributed by atoms with Gasteiger partial charge in [0.15, 0.2) is 0 Å². The molecule has 1 aromatic rings. The third kappa shape index (κ3) is 5.29. The average Bonchev–Trinajstić information content (AvgIpc) is 2.45. The molecule has 1 atom stereocenters. The van der Waals surface area contributed by atoms with Crippen LogP contribution in [0, 0.1) is 12.3 Å². The summed E-state index contributed by atoms with van der Waals surface area (Å²) in [6, 6.07) is 8.66. The number of nitrogens with one attached hydrogen (secondary N) is 2. The van der Waals surface area contributed by atoms with Crippen LogP contribution in [0.15, 0.2) is 24.3 Å². The third-order valence-electron chi connectivity index (χ3n) is 4.72. The summed E-state index contributed by atoms with van der Waals surface area (Å²) >= 11 is 0. The lowest BCUT2D eigenvalue weighted by molar-refractivity contribution is -0.121. The molecule has 4 heteroatoms. The van der Waals surface area contributed by atoms with Gasteiger partial charge in [0, 0.05) is 19.0 Å². The number of piperidine rings is 1. The van der Waals surface area contributed by atoms with E-state index in [9.17, 15) is 4.79 Å². The SMILES string of the molecule is Cc1ccccc1CCC(=O)NCC1NCCCC1(C)C.Cl. The van der Waals surface area contributed by atoms with Gasteiger partial charge in [-0.2, -0.15) is 0 Å². The lowest BCUT2D eigenvalue weighted by atomic mass is 9.77. The van der Waals surface area contributed by atoms with E-state index in [0.29, 0.717) is 12.5 Å². The molecular weight excluding hydrogens is 296 g/mol. The van der Waals surface area contributed by atoms with E-state index in [1.54, 1.807) is 0 Å². The molecular formula is C18H29ClN2O. The molecule has 1 heterocycles. The smallest absolute Gasteiger partial charge is 0.220 e. The van der Waals surface area contributed by atoms with Crippen LogP contribution < -0.4 is 10.6 Å². The summed E-state index contributed by atoms with van der Waals surface area (Å²) in [5, 5.41) is 6.63. The number of amides is 1. The van der Waals surface area contributed by atoms with Crippen molar-refractivity contribution in [3.05, 3.63) is 35.4 Å². The monoisotopic (exact) mass is 324 g/mol. The Hall–Kier alpha value is -1.06. The van der Waals surface area contributed by atoms with Crippen molar-refractivity contribution < 1.29 is 4.79 Å². The lowest BCUT2D eigenvalue weighted by Gasteiger charge is -2.39. The van der Waals surface area contributed by atoms with Gasteiger partial charge in [-0.25, -0.2) is 0 Å². The van der Waals surface area contributed by atoms with Crippen LogP contribution in [0.25, 0.3) is 0 Å². The van der Waals surface area contributed by atoms with Gasteiger partial charge in [0.2, 0.25) is 5.91 Å². The minimum atomic E-state index is 0. The second kappa shape index (κ2) is 8.54. The zero-order chi connectivity index (χ0) is 15.3. The molecule has 0 aliphatic carbocycles. The summed E-state index contributed by atoms with van der Waals surface area (Å²) in [5.41, 5.74) is 2.80. The van der Waals surface area contributed by atoms with Crippen molar-refractivity contribution in [2.24, 2.45) is 5.41 Å². The van der Waals surface area contributed by atoms with Gasteiger partial charge in [0.1, 0.15) is 0 Å². The normalized spacial score (nSPS) is 20.0. The van der Waals surface area contributed by atoms with Gasteiger partial charge in [-0.05, 0) is 49.3 Å². The highest BCUT2D eigenvalue weighted by Gasteiger charge is 2.31. The van der Waals surface area contributed by atoms with E-state index in [2.05, 4.69) is 43.5 Å². The number of hydrogen-bond acceptors (Lipinski definition) is 2. The topological polar surface area (TPSA) is 41.1 Å². The van der Waals surface area contributed by atoms with Crippen LogP contribution in [-0.2, 0) is 11.2 Å². The second-order valence-electron chi connectivity index (χ2n) is 6.83. The van der Waals surface area contributed by atoms with E-state index in [1.165, 1.54) is 24.0 Å². The number of carbonyl (C=O) groups is 1. The fourth-order valence-electron chi connectivity index (χ4n) is 3.06. The molecule has 2 N–H and O–H groups in total. The number of aryl methyl sites for hydroxylation is 2. The first kappa shape index (κ1) is 19.0. The first-order valence-corrected chi connectivity index (χ1v) is 8.03. The zero-order valence-electron chi connectivity index (χ0n) is 13.9. The number of carbonyl (C=O) groups excluding carboxylic acids is 1. The van der Waals surface area contributed by atoms with E-state index in [1.807, 2.05) is 12.1 Å². The van der Waals surface area contributed by atoms with Crippen LogP contribution in [0.2, 0.25) is 0 Å². The van der Waals surface area contributed by atoms with E-state index in [0.717, 1.165) is 19.5 Å². The zero-order valence-corrected chi connectivity index (χ0v) is 14.8. The quantitative estimate of drug-likeness (QED) is 0.873. The summed E-state index contributed by atoms with van der Waals surface area (Å²) in [6.45, 7) is 8.46. The van der Waals surface area contributed by atoms with Crippen LogP contribution in [0.4, 0.5) is 0 Å². The van der Waals surface area contributed by atoms with Gasteiger partial charge < -0.3 is 10.6 Å². The molecule has 3 nitrogen and oxygen atoms in total. The maximum absolute atomic E-state index is 12.0. The van der Waals surface area contributed by atoms with Crippen molar-refractivity contribution in [3.63, 3.8) is 0 Å². The molecule has 1 unspecified atom stereocenters. The van der Waals surface area contributed by atoms with Crippen molar-refractivity contribution in [1.82, 2.24) is 10.6 Å². The largest absolute Gasteiger partial charge is 0.355 e. The number of halogens is 1.